The van der Waals surface area contributed by atoms with Gasteiger partial charge >= 0.3 is 0 Å². The van der Waals surface area contributed by atoms with Gasteiger partial charge in [0.15, 0.2) is 4.80 Å². The zero-order valence-corrected chi connectivity index (χ0v) is 17.9. The first kappa shape index (κ1) is 20.0. The van der Waals surface area contributed by atoms with E-state index in [-0.39, 0.29) is 10.8 Å². The van der Waals surface area contributed by atoms with Gasteiger partial charge in [-0.3, -0.25) is 4.79 Å². The van der Waals surface area contributed by atoms with Crippen molar-refractivity contribution in [3.05, 3.63) is 58.9 Å². The molecule has 6 nitrogen and oxygen atoms in total. The lowest BCUT2D eigenvalue weighted by atomic mass is 10.2. The van der Waals surface area contributed by atoms with Gasteiger partial charge in [0.2, 0.25) is 10.0 Å². The molecule has 2 aromatic carbocycles. The number of hydrogen-bond donors (Lipinski definition) is 0. The van der Waals surface area contributed by atoms with E-state index in [1.807, 2.05) is 24.3 Å². The summed E-state index contributed by atoms with van der Waals surface area (Å²) in [6.45, 7) is 3.98. The van der Waals surface area contributed by atoms with Crippen molar-refractivity contribution in [1.29, 1.82) is 0 Å². The number of amides is 1. The maximum absolute atomic E-state index is 12.7. The van der Waals surface area contributed by atoms with Crippen molar-refractivity contribution in [2.45, 2.75) is 37.6 Å². The Balaban J connectivity index is 1.65. The number of carbonyl (C=O) groups is 1. The van der Waals surface area contributed by atoms with Gasteiger partial charge in [-0.25, -0.2) is 8.42 Å². The lowest BCUT2D eigenvalue weighted by Crippen LogP contribution is -2.27. The number of rotatable bonds is 5. The number of para-hydroxylation sites is 1. The van der Waals surface area contributed by atoms with Crippen LogP contribution in [0.2, 0.25) is 0 Å². The van der Waals surface area contributed by atoms with E-state index >= 15 is 0 Å². The van der Waals surface area contributed by atoms with Gasteiger partial charge in [-0.15, -0.1) is 0 Å². The number of nitrogens with zero attached hydrogens (tertiary/aromatic N) is 3. The smallest absolute Gasteiger partial charge is 0.279 e. The Hall–Kier alpha value is -2.29. The van der Waals surface area contributed by atoms with Crippen molar-refractivity contribution < 1.29 is 13.2 Å². The first-order chi connectivity index (χ1) is 14.0. The van der Waals surface area contributed by atoms with E-state index in [1.54, 1.807) is 12.1 Å². The van der Waals surface area contributed by atoms with Crippen LogP contribution in [0, 0.1) is 0 Å². The number of hydrogen-bond acceptors (Lipinski definition) is 4. The van der Waals surface area contributed by atoms with Gasteiger partial charge in [0.05, 0.1) is 15.1 Å². The maximum atomic E-state index is 12.7. The number of aromatic nitrogens is 1. The molecule has 0 spiro atoms. The predicted molar refractivity (Wildman–Crippen MR) is 114 cm³/mol. The highest BCUT2D eigenvalue weighted by atomic mass is 32.2. The van der Waals surface area contributed by atoms with E-state index in [9.17, 15) is 13.2 Å². The fourth-order valence-electron chi connectivity index (χ4n) is 3.54. The Morgan fingerprint density at radius 1 is 1.07 bits per heavy atom. The Kier molecular flexibility index (Phi) is 5.67. The van der Waals surface area contributed by atoms with E-state index in [2.05, 4.69) is 16.5 Å². The van der Waals surface area contributed by atoms with Gasteiger partial charge in [0, 0.05) is 25.2 Å². The fourth-order valence-corrected chi connectivity index (χ4v) is 6.12. The van der Waals surface area contributed by atoms with Gasteiger partial charge in [-0.1, -0.05) is 30.4 Å². The highest BCUT2D eigenvalue weighted by molar-refractivity contribution is 7.89. The molecule has 0 N–H and O–H groups in total. The molecule has 0 unspecified atom stereocenters. The molecular weight excluding hydrogens is 406 g/mol. The van der Waals surface area contributed by atoms with Crippen LogP contribution in [0.4, 0.5) is 0 Å². The van der Waals surface area contributed by atoms with E-state index in [1.165, 1.54) is 27.8 Å². The normalized spacial score (nSPS) is 16.0. The van der Waals surface area contributed by atoms with Crippen LogP contribution >= 0.6 is 11.3 Å². The summed E-state index contributed by atoms with van der Waals surface area (Å²) in [4.78, 5) is 17.9. The molecule has 1 aromatic heterocycles. The summed E-state index contributed by atoms with van der Waals surface area (Å²) in [7, 11) is -3.48. The second kappa shape index (κ2) is 8.22. The molecule has 1 aliphatic rings. The van der Waals surface area contributed by atoms with Crippen LogP contribution in [-0.4, -0.2) is 36.3 Å². The summed E-state index contributed by atoms with van der Waals surface area (Å²) >= 11 is 1.48. The van der Waals surface area contributed by atoms with Gasteiger partial charge in [0.25, 0.3) is 5.91 Å². The van der Waals surface area contributed by atoms with Gasteiger partial charge in [-0.2, -0.15) is 9.30 Å². The average molecular weight is 430 g/mol. The summed E-state index contributed by atoms with van der Waals surface area (Å²) in [6.07, 6.45) is 2.72. The lowest BCUT2D eigenvalue weighted by molar-refractivity contribution is 0.0997. The quantitative estimate of drug-likeness (QED) is 0.622. The second-order valence-electron chi connectivity index (χ2n) is 7.06. The Morgan fingerprint density at radius 2 is 1.76 bits per heavy atom. The zero-order valence-electron chi connectivity index (χ0n) is 16.2. The zero-order chi connectivity index (χ0) is 20.4. The molecule has 0 bridgehead atoms. The third kappa shape index (κ3) is 3.92. The maximum Gasteiger partial charge on any atom is 0.279 e. The van der Waals surface area contributed by atoms with E-state index in [4.69, 9.17) is 0 Å². The van der Waals surface area contributed by atoms with Crippen LogP contribution in [0.3, 0.4) is 0 Å². The SMILES string of the molecule is CCCn1c(=NC(=O)c2ccc(S(=O)(=O)N3CCCC3)cc2)sc2ccccc21. The Morgan fingerprint density at radius 3 is 2.45 bits per heavy atom. The number of carbonyl (C=O) groups excluding carboxylic acids is 1. The van der Waals surface area contributed by atoms with Crippen LogP contribution in [0.1, 0.15) is 36.5 Å². The molecule has 1 amide bonds. The lowest BCUT2D eigenvalue weighted by Gasteiger charge is -2.15. The third-order valence-corrected chi connectivity index (χ3v) is 8.01. The van der Waals surface area contributed by atoms with Crippen LogP contribution in [0.25, 0.3) is 10.2 Å². The predicted octanol–water partition coefficient (Wildman–Crippen LogP) is 3.64. The number of benzene rings is 2. The van der Waals surface area contributed by atoms with Crippen molar-refractivity contribution in [3.63, 3.8) is 0 Å². The number of aryl methyl sites for hydroxylation is 1. The summed E-state index contributed by atoms with van der Waals surface area (Å²) in [5, 5.41) is 0. The van der Waals surface area contributed by atoms with Gasteiger partial charge in [0.1, 0.15) is 0 Å². The Labute approximate surface area is 174 Å². The van der Waals surface area contributed by atoms with Crippen molar-refractivity contribution in [1.82, 2.24) is 8.87 Å². The van der Waals surface area contributed by atoms with E-state index in [0.29, 0.717) is 23.5 Å². The minimum atomic E-state index is -3.48. The molecule has 0 aliphatic carbocycles. The van der Waals surface area contributed by atoms with Crippen molar-refractivity contribution in [2.24, 2.45) is 4.99 Å². The van der Waals surface area contributed by atoms with Gasteiger partial charge < -0.3 is 4.57 Å². The van der Waals surface area contributed by atoms with Gasteiger partial charge in [-0.05, 0) is 55.7 Å². The monoisotopic (exact) mass is 429 g/mol. The standard InChI is InChI=1S/C21H23N3O3S2/c1-2-13-24-18-7-3-4-8-19(18)28-21(24)22-20(25)16-9-11-17(12-10-16)29(26,27)23-14-5-6-15-23/h3-4,7-12H,2,5-6,13-15H2,1H3. The van der Waals surface area contributed by atoms with Crippen LogP contribution in [-0.2, 0) is 16.6 Å². The van der Waals surface area contributed by atoms with E-state index < -0.39 is 10.0 Å². The molecule has 3 aromatic rings. The third-order valence-electron chi connectivity index (χ3n) is 5.04. The molecular formula is C21H23N3O3S2. The number of sulfonamides is 1. The largest absolute Gasteiger partial charge is 0.316 e. The molecule has 1 aliphatic heterocycles. The minimum Gasteiger partial charge on any atom is -0.316 e. The topological polar surface area (TPSA) is 71.7 Å². The van der Waals surface area contributed by atoms with Crippen molar-refractivity contribution in [2.75, 3.05) is 13.1 Å². The fraction of sp³-hybridized carbons (Fsp3) is 0.333. The molecule has 0 saturated carbocycles. The summed E-state index contributed by atoms with van der Waals surface area (Å²) in [6, 6.07) is 14.1. The molecule has 152 valence electrons. The molecule has 0 radical (unpaired) electrons. The Bertz CT molecular complexity index is 1200. The molecule has 1 fully saturated rings. The van der Waals surface area contributed by atoms with Crippen LogP contribution < -0.4 is 4.80 Å². The molecule has 2 heterocycles. The molecule has 0 atom stereocenters. The van der Waals surface area contributed by atoms with Crippen LogP contribution in [0.5, 0.6) is 0 Å². The van der Waals surface area contributed by atoms with Crippen molar-refractivity contribution >= 4 is 37.5 Å². The second-order valence-corrected chi connectivity index (χ2v) is 10.0. The first-order valence-corrected chi connectivity index (χ1v) is 12.0. The molecule has 8 heteroatoms. The summed E-state index contributed by atoms with van der Waals surface area (Å²) < 4.78 is 29.9. The summed E-state index contributed by atoms with van der Waals surface area (Å²) in [5.41, 5.74) is 1.45. The molecule has 1 saturated heterocycles. The molecule has 29 heavy (non-hydrogen) atoms. The molecule has 4 rings (SSSR count). The average Bonchev–Trinajstić information content (AvgIpc) is 3.38. The van der Waals surface area contributed by atoms with Crippen molar-refractivity contribution in [3.8, 4) is 0 Å². The van der Waals surface area contributed by atoms with Crippen LogP contribution in [0.15, 0.2) is 58.4 Å². The highest BCUT2D eigenvalue weighted by Crippen LogP contribution is 2.21. The summed E-state index contributed by atoms with van der Waals surface area (Å²) in [5.74, 6) is -0.369. The highest BCUT2D eigenvalue weighted by Gasteiger charge is 2.27. The first-order valence-electron chi connectivity index (χ1n) is 9.78. The minimum absolute atomic E-state index is 0.221. The van der Waals surface area contributed by atoms with E-state index in [0.717, 1.165) is 36.0 Å². The number of thiazole rings is 1. The number of fused-ring (bicyclic) bond motifs is 1.